The predicted molar refractivity (Wildman–Crippen MR) is 77.7 cm³/mol. The SMILES string of the molecule is Cc1ccc(C(=O)O)c(OCC(=O)N2CCN(C)CC2)c1. The molecule has 2 rings (SSSR count). The van der Waals surface area contributed by atoms with Crippen LogP contribution in [0, 0.1) is 6.92 Å². The van der Waals surface area contributed by atoms with Crippen LogP contribution in [-0.2, 0) is 4.79 Å². The van der Waals surface area contributed by atoms with Gasteiger partial charge in [0.05, 0.1) is 0 Å². The topological polar surface area (TPSA) is 70.1 Å². The maximum absolute atomic E-state index is 12.1. The van der Waals surface area contributed by atoms with Crippen molar-refractivity contribution in [3.63, 3.8) is 0 Å². The van der Waals surface area contributed by atoms with Gasteiger partial charge in [0, 0.05) is 26.2 Å². The minimum absolute atomic E-state index is 0.0757. The lowest BCUT2D eigenvalue weighted by atomic mass is 10.1. The van der Waals surface area contributed by atoms with E-state index in [4.69, 9.17) is 9.84 Å². The number of aromatic carboxylic acids is 1. The maximum atomic E-state index is 12.1. The summed E-state index contributed by atoms with van der Waals surface area (Å²) in [4.78, 5) is 27.1. The van der Waals surface area contributed by atoms with Crippen molar-refractivity contribution in [2.45, 2.75) is 6.92 Å². The fourth-order valence-corrected chi connectivity index (χ4v) is 2.21. The summed E-state index contributed by atoms with van der Waals surface area (Å²) < 4.78 is 5.44. The Balaban J connectivity index is 1.98. The monoisotopic (exact) mass is 292 g/mol. The number of nitrogens with zero attached hydrogens (tertiary/aromatic N) is 2. The molecular weight excluding hydrogens is 272 g/mol. The number of hydrogen-bond donors (Lipinski definition) is 1. The van der Waals surface area contributed by atoms with E-state index < -0.39 is 5.97 Å². The van der Waals surface area contributed by atoms with E-state index in [0.29, 0.717) is 13.1 Å². The fraction of sp³-hybridized carbons (Fsp3) is 0.467. The van der Waals surface area contributed by atoms with Crippen LogP contribution in [-0.4, -0.2) is 66.6 Å². The van der Waals surface area contributed by atoms with E-state index in [9.17, 15) is 9.59 Å². The van der Waals surface area contributed by atoms with E-state index in [1.54, 1.807) is 17.0 Å². The van der Waals surface area contributed by atoms with E-state index in [2.05, 4.69) is 4.90 Å². The van der Waals surface area contributed by atoms with Crippen molar-refractivity contribution in [3.8, 4) is 5.75 Å². The number of carboxylic acid groups (broad SMARTS) is 1. The molecule has 1 fully saturated rings. The highest BCUT2D eigenvalue weighted by Crippen LogP contribution is 2.20. The van der Waals surface area contributed by atoms with Gasteiger partial charge in [-0.25, -0.2) is 4.79 Å². The predicted octanol–water partition coefficient (Wildman–Crippen LogP) is 0.846. The number of carboxylic acids is 1. The second kappa shape index (κ2) is 6.58. The lowest BCUT2D eigenvalue weighted by Gasteiger charge is -2.32. The Bertz CT molecular complexity index is 536. The first-order chi connectivity index (χ1) is 9.97. The van der Waals surface area contributed by atoms with Gasteiger partial charge in [-0.1, -0.05) is 6.07 Å². The molecule has 0 atom stereocenters. The van der Waals surface area contributed by atoms with Crippen molar-refractivity contribution in [2.24, 2.45) is 0 Å². The molecule has 1 saturated heterocycles. The number of amides is 1. The van der Waals surface area contributed by atoms with Gasteiger partial charge in [0.15, 0.2) is 6.61 Å². The molecule has 1 aromatic carbocycles. The zero-order chi connectivity index (χ0) is 15.4. The summed E-state index contributed by atoms with van der Waals surface area (Å²) in [5, 5.41) is 9.12. The van der Waals surface area contributed by atoms with Crippen LogP contribution in [0.1, 0.15) is 15.9 Å². The van der Waals surface area contributed by atoms with E-state index >= 15 is 0 Å². The number of carbonyl (C=O) groups is 2. The van der Waals surface area contributed by atoms with E-state index in [1.165, 1.54) is 6.07 Å². The Morgan fingerprint density at radius 3 is 2.52 bits per heavy atom. The average molecular weight is 292 g/mol. The van der Waals surface area contributed by atoms with Crippen molar-refractivity contribution in [1.29, 1.82) is 0 Å². The summed E-state index contributed by atoms with van der Waals surface area (Å²) in [6.07, 6.45) is 0. The highest BCUT2D eigenvalue weighted by atomic mass is 16.5. The lowest BCUT2D eigenvalue weighted by molar-refractivity contribution is -0.134. The maximum Gasteiger partial charge on any atom is 0.339 e. The zero-order valence-electron chi connectivity index (χ0n) is 12.3. The van der Waals surface area contributed by atoms with E-state index in [-0.39, 0.29) is 23.8 Å². The molecule has 1 N–H and O–H groups in total. The summed E-state index contributed by atoms with van der Waals surface area (Å²) in [5.41, 5.74) is 0.967. The van der Waals surface area contributed by atoms with Crippen LogP contribution >= 0.6 is 0 Å². The molecule has 1 aliphatic rings. The minimum atomic E-state index is -1.06. The van der Waals surface area contributed by atoms with Gasteiger partial charge in [-0.15, -0.1) is 0 Å². The molecule has 6 heteroatoms. The Kier molecular flexibility index (Phi) is 4.80. The van der Waals surface area contributed by atoms with Gasteiger partial charge in [0.2, 0.25) is 0 Å². The molecule has 1 aliphatic heterocycles. The Morgan fingerprint density at radius 2 is 1.90 bits per heavy atom. The lowest BCUT2D eigenvalue weighted by Crippen LogP contribution is -2.48. The third kappa shape index (κ3) is 3.95. The molecular formula is C15H20N2O4. The normalized spacial score (nSPS) is 15.8. The summed E-state index contributed by atoms with van der Waals surface area (Å²) in [5.74, 6) is -0.928. The number of hydrogen-bond acceptors (Lipinski definition) is 4. The van der Waals surface area contributed by atoms with Gasteiger partial charge in [0.1, 0.15) is 11.3 Å². The van der Waals surface area contributed by atoms with Gasteiger partial charge in [-0.2, -0.15) is 0 Å². The molecule has 0 spiro atoms. The summed E-state index contributed by atoms with van der Waals surface area (Å²) >= 11 is 0. The third-order valence-corrected chi connectivity index (χ3v) is 3.57. The molecule has 1 aromatic rings. The molecule has 1 amide bonds. The average Bonchev–Trinajstić information content (AvgIpc) is 2.45. The molecule has 0 radical (unpaired) electrons. The second-order valence-electron chi connectivity index (χ2n) is 5.28. The molecule has 0 aliphatic carbocycles. The van der Waals surface area contributed by atoms with Crippen molar-refractivity contribution in [3.05, 3.63) is 29.3 Å². The zero-order valence-corrected chi connectivity index (χ0v) is 12.3. The quantitative estimate of drug-likeness (QED) is 0.891. The molecule has 0 saturated carbocycles. The molecule has 0 bridgehead atoms. The molecule has 1 heterocycles. The smallest absolute Gasteiger partial charge is 0.339 e. The van der Waals surface area contributed by atoms with Gasteiger partial charge in [-0.05, 0) is 31.7 Å². The molecule has 6 nitrogen and oxygen atoms in total. The largest absolute Gasteiger partial charge is 0.483 e. The van der Waals surface area contributed by atoms with Crippen LogP contribution in [0.15, 0.2) is 18.2 Å². The Hall–Kier alpha value is -2.08. The Morgan fingerprint density at radius 1 is 1.24 bits per heavy atom. The summed E-state index contributed by atoms with van der Waals surface area (Å²) in [6.45, 7) is 4.76. The van der Waals surface area contributed by atoms with Gasteiger partial charge in [-0.3, -0.25) is 4.79 Å². The minimum Gasteiger partial charge on any atom is -0.483 e. The van der Waals surface area contributed by atoms with Crippen LogP contribution in [0.25, 0.3) is 0 Å². The molecule has 114 valence electrons. The van der Waals surface area contributed by atoms with Crippen LogP contribution < -0.4 is 4.74 Å². The van der Waals surface area contributed by atoms with Crippen molar-refractivity contribution in [2.75, 3.05) is 39.8 Å². The van der Waals surface area contributed by atoms with Crippen LogP contribution in [0.2, 0.25) is 0 Å². The van der Waals surface area contributed by atoms with Crippen molar-refractivity contribution in [1.82, 2.24) is 9.80 Å². The standard InChI is InChI=1S/C15H20N2O4/c1-11-3-4-12(15(19)20)13(9-11)21-10-14(18)17-7-5-16(2)6-8-17/h3-4,9H,5-8,10H2,1-2H3,(H,19,20). The molecule has 0 aromatic heterocycles. The number of rotatable bonds is 4. The van der Waals surface area contributed by atoms with E-state index in [0.717, 1.165) is 18.7 Å². The highest BCUT2D eigenvalue weighted by Gasteiger charge is 2.20. The fourth-order valence-electron chi connectivity index (χ4n) is 2.21. The first-order valence-electron chi connectivity index (χ1n) is 6.90. The number of ether oxygens (including phenoxy) is 1. The molecule has 0 unspecified atom stereocenters. The van der Waals surface area contributed by atoms with Crippen LogP contribution in [0.3, 0.4) is 0 Å². The van der Waals surface area contributed by atoms with E-state index in [1.807, 2.05) is 14.0 Å². The van der Waals surface area contributed by atoms with Crippen LogP contribution in [0.4, 0.5) is 0 Å². The number of piperazine rings is 1. The van der Waals surface area contributed by atoms with Crippen LogP contribution in [0.5, 0.6) is 5.75 Å². The Labute approximate surface area is 123 Å². The third-order valence-electron chi connectivity index (χ3n) is 3.57. The van der Waals surface area contributed by atoms with Gasteiger partial charge >= 0.3 is 5.97 Å². The second-order valence-corrected chi connectivity index (χ2v) is 5.28. The summed E-state index contributed by atoms with van der Waals surface area (Å²) in [7, 11) is 2.02. The summed E-state index contributed by atoms with van der Waals surface area (Å²) in [6, 6.07) is 4.84. The first-order valence-corrected chi connectivity index (χ1v) is 6.90. The molecule has 21 heavy (non-hydrogen) atoms. The van der Waals surface area contributed by atoms with Crippen molar-refractivity contribution < 1.29 is 19.4 Å². The highest BCUT2D eigenvalue weighted by molar-refractivity contribution is 5.91. The first kappa shape index (κ1) is 15.3. The number of aryl methyl sites for hydroxylation is 1. The number of likely N-dealkylation sites (N-methyl/N-ethyl adjacent to an activating group) is 1. The van der Waals surface area contributed by atoms with Crippen molar-refractivity contribution >= 4 is 11.9 Å². The number of carbonyl (C=O) groups excluding carboxylic acids is 1. The van der Waals surface area contributed by atoms with Gasteiger partial charge < -0.3 is 19.6 Å². The van der Waals surface area contributed by atoms with Gasteiger partial charge in [0.25, 0.3) is 5.91 Å². The number of benzene rings is 1.